The molecule has 1 aliphatic heterocycles. The van der Waals surface area contributed by atoms with Gasteiger partial charge in [0.15, 0.2) is 23.1 Å². The van der Waals surface area contributed by atoms with Crippen molar-refractivity contribution in [2.75, 3.05) is 18.7 Å². The number of para-hydroxylation sites is 1. The number of fused-ring (bicyclic) bond motifs is 1. The second kappa shape index (κ2) is 5.91. The van der Waals surface area contributed by atoms with E-state index in [9.17, 15) is 4.39 Å². The van der Waals surface area contributed by atoms with Gasteiger partial charge in [-0.05, 0) is 25.1 Å². The average molecular weight is 289 g/mol. The van der Waals surface area contributed by atoms with Crippen molar-refractivity contribution < 1.29 is 18.6 Å². The highest BCUT2D eigenvalue weighted by atomic mass is 19.1. The zero-order chi connectivity index (χ0) is 14.7. The minimum Gasteiger partial charge on any atom is -0.491 e. The summed E-state index contributed by atoms with van der Waals surface area (Å²) in [4.78, 5) is 0. The zero-order valence-corrected chi connectivity index (χ0v) is 11.7. The Morgan fingerprint density at radius 1 is 1.24 bits per heavy atom. The van der Waals surface area contributed by atoms with E-state index in [0.717, 1.165) is 17.1 Å². The van der Waals surface area contributed by atoms with Crippen LogP contribution in [0.15, 0.2) is 36.4 Å². The molecular weight excluding hydrogens is 273 g/mol. The number of ether oxygens (including phenoxy) is 3. The summed E-state index contributed by atoms with van der Waals surface area (Å²) in [5.74, 6) is 1.38. The highest BCUT2D eigenvalue weighted by Crippen LogP contribution is 2.35. The highest BCUT2D eigenvalue weighted by molar-refractivity contribution is 5.52. The third kappa shape index (κ3) is 2.86. The normalized spacial score (nSPS) is 12.3. The number of hydrogen-bond acceptors (Lipinski definition) is 4. The molecule has 2 aromatic rings. The van der Waals surface area contributed by atoms with Crippen LogP contribution in [0.25, 0.3) is 0 Å². The molecule has 0 bridgehead atoms. The number of rotatable bonds is 5. The van der Waals surface area contributed by atoms with Gasteiger partial charge in [0.05, 0.1) is 6.61 Å². The second-order valence-corrected chi connectivity index (χ2v) is 4.58. The van der Waals surface area contributed by atoms with Gasteiger partial charge in [-0.3, -0.25) is 0 Å². The number of halogens is 1. The van der Waals surface area contributed by atoms with Crippen LogP contribution in [0.2, 0.25) is 0 Å². The van der Waals surface area contributed by atoms with Crippen LogP contribution >= 0.6 is 0 Å². The Morgan fingerprint density at radius 2 is 2.14 bits per heavy atom. The van der Waals surface area contributed by atoms with Crippen molar-refractivity contribution in [2.24, 2.45) is 0 Å². The largest absolute Gasteiger partial charge is 0.491 e. The lowest BCUT2D eigenvalue weighted by atomic mass is 10.2. The van der Waals surface area contributed by atoms with Gasteiger partial charge in [0.25, 0.3) is 0 Å². The number of benzene rings is 2. The first kappa shape index (κ1) is 13.5. The van der Waals surface area contributed by atoms with E-state index in [1.54, 1.807) is 12.1 Å². The van der Waals surface area contributed by atoms with E-state index in [4.69, 9.17) is 14.2 Å². The number of hydrogen-bond donors (Lipinski definition) is 1. The molecule has 0 aromatic heterocycles. The lowest BCUT2D eigenvalue weighted by molar-refractivity contribution is 0.173. The van der Waals surface area contributed by atoms with Crippen molar-refractivity contribution in [1.29, 1.82) is 0 Å². The van der Waals surface area contributed by atoms with Gasteiger partial charge >= 0.3 is 0 Å². The minimum atomic E-state index is -0.375. The van der Waals surface area contributed by atoms with E-state index >= 15 is 0 Å². The van der Waals surface area contributed by atoms with Gasteiger partial charge in [0.1, 0.15) is 0 Å². The van der Waals surface area contributed by atoms with E-state index in [-0.39, 0.29) is 18.4 Å². The fraction of sp³-hybridized carbons (Fsp3) is 0.250. The molecule has 0 spiro atoms. The molecule has 0 atom stereocenters. The molecular formula is C16H16FNO3. The SMILES string of the molecule is CCOc1ccc(NCc2cccc3c2OCO3)cc1F. The molecule has 0 aliphatic carbocycles. The summed E-state index contributed by atoms with van der Waals surface area (Å²) in [5.41, 5.74) is 1.66. The molecule has 21 heavy (non-hydrogen) atoms. The molecule has 3 rings (SSSR count). The molecule has 0 fully saturated rings. The molecule has 1 heterocycles. The molecule has 0 saturated heterocycles. The third-order valence-corrected chi connectivity index (χ3v) is 3.19. The molecule has 1 N–H and O–H groups in total. The van der Waals surface area contributed by atoms with E-state index in [0.29, 0.717) is 18.8 Å². The first-order chi connectivity index (χ1) is 10.3. The highest BCUT2D eigenvalue weighted by Gasteiger charge is 2.16. The number of anilines is 1. The van der Waals surface area contributed by atoms with Gasteiger partial charge in [-0.1, -0.05) is 12.1 Å². The van der Waals surface area contributed by atoms with Crippen LogP contribution in [0.3, 0.4) is 0 Å². The van der Waals surface area contributed by atoms with Gasteiger partial charge in [0.2, 0.25) is 6.79 Å². The summed E-state index contributed by atoms with van der Waals surface area (Å²) in [5, 5.41) is 3.17. The molecule has 0 saturated carbocycles. The molecule has 110 valence electrons. The van der Waals surface area contributed by atoms with Crippen LogP contribution in [0.1, 0.15) is 12.5 Å². The van der Waals surface area contributed by atoms with Crippen molar-refractivity contribution in [1.82, 2.24) is 0 Å². The lowest BCUT2D eigenvalue weighted by Gasteiger charge is -2.10. The smallest absolute Gasteiger partial charge is 0.231 e. The predicted octanol–water partition coefficient (Wildman–Crippen LogP) is 3.57. The maximum atomic E-state index is 13.8. The van der Waals surface area contributed by atoms with Crippen molar-refractivity contribution in [3.63, 3.8) is 0 Å². The zero-order valence-electron chi connectivity index (χ0n) is 11.7. The quantitative estimate of drug-likeness (QED) is 0.913. The van der Waals surface area contributed by atoms with Gasteiger partial charge in [-0.2, -0.15) is 0 Å². The third-order valence-electron chi connectivity index (χ3n) is 3.19. The topological polar surface area (TPSA) is 39.7 Å². The Hall–Kier alpha value is -2.43. The van der Waals surface area contributed by atoms with Crippen molar-refractivity contribution in [2.45, 2.75) is 13.5 Å². The lowest BCUT2D eigenvalue weighted by Crippen LogP contribution is -2.02. The van der Waals surface area contributed by atoms with Crippen LogP contribution in [0.4, 0.5) is 10.1 Å². The first-order valence-corrected chi connectivity index (χ1v) is 6.81. The summed E-state index contributed by atoms with van der Waals surface area (Å²) in [7, 11) is 0. The van der Waals surface area contributed by atoms with Crippen molar-refractivity contribution in [3.8, 4) is 17.2 Å². The summed E-state index contributed by atoms with van der Waals surface area (Å²) >= 11 is 0. The second-order valence-electron chi connectivity index (χ2n) is 4.58. The molecule has 1 aliphatic rings. The van der Waals surface area contributed by atoms with Crippen LogP contribution < -0.4 is 19.5 Å². The molecule has 0 unspecified atom stereocenters. The minimum absolute atomic E-state index is 0.240. The average Bonchev–Trinajstić information content (AvgIpc) is 2.97. The molecule has 0 amide bonds. The molecule has 2 aromatic carbocycles. The summed E-state index contributed by atoms with van der Waals surface area (Å²) in [6.07, 6.45) is 0. The van der Waals surface area contributed by atoms with E-state index in [2.05, 4.69) is 5.32 Å². The molecule has 5 heteroatoms. The maximum Gasteiger partial charge on any atom is 0.231 e. The van der Waals surface area contributed by atoms with Crippen LogP contribution in [0, 0.1) is 5.82 Å². The van der Waals surface area contributed by atoms with Crippen LogP contribution in [-0.2, 0) is 6.54 Å². The standard InChI is InChI=1S/C16H16FNO3/c1-2-19-14-7-6-12(8-13(14)17)18-9-11-4-3-5-15-16(11)21-10-20-15/h3-8,18H,2,9-10H2,1H3. The predicted molar refractivity (Wildman–Crippen MR) is 77.5 cm³/mol. The van der Waals surface area contributed by atoms with Crippen molar-refractivity contribution in [3.05, 3.63) is 47.8 Å². The fourth-order valence-corrected chi connectivity index (χ4v) is 2.21. The van der Waals surface area contributed by atoms with Crippen LogP contribution in [-0.4, -0.2) is 13.4 Å². The molecule has 4 nitrogen and oxygen atoms in total. The first-order valence-electron chi connectivity index (χ1n) is 6.81. The summed E-state index contributed by atoms with van der Waals surface area (Å²) in [6.45, 7) is 3.03. The Balaban J connectivity index is 1.71. The maximum absolute atomic E-state index is 13.8. The van der Waals surface area contributed by atoms with E-state index in [1.807, 2.05) is 25.1 Å². The Kier molecular flexibility index (Phi) is 3.81. The van der Waals surface area contributed by atoms with Crippen LogP contribution in [0.5, 0.6) is 17.2 Å². The summed E-state index contributed by atoms with van der Waals surface area (Å²) in [6, 6.07) is 10.5. The Labute approximate surface area is 122 Å². The molecule has 0 radical (unpaired) electrons. The monoisotopic (exact) mass is 289 g/mol. The fourth-order valence-electron chi connectivity index (χ4n) is 2.21. The Morgan fingerprint density at radius 3 is 2.95 bits per heavy atom. The van der Waals surface area contributed by atoms with Gasteiger partial charge in [-0.15, -0.1) is 0 Å². The van der Waals surface area contributed by atoms with Crippen molar-refractivity contribution >= 4 is 5.69 Å². The van der Waals surface area contributed by atoms with Gasteiger partial charge in [-0.25, -0.2) is 4.39 Å². The van der Waals surface area contributed by atoms with E-state index < -0.39 is 0 Å². The Bertz CT molecular complexity index is 645. The number of nitrogens with one attached hydrogen (secondary N) is 1. The van der Waals surface area contributed by atoms with Gasteiger partial charge in [0, 0.05) is 23.9 Å². The van der Waals surface area contributed by atoms with E-state index in [1.165, 1.54) is 6.07 Å². The summed E-state index contributed by atoms with van der Waals surface area (Å²) < 4.78 is 29.7. The van der Waals surface area contributed by atoms with Gasteiger partial charge < -0.3 is 19.5 Å².